The van der Waals surface area contributed by atoms with E-state index in [0.717, 1.165) is 29.9 Å². The Labute approximate surface area is 85.3 Å². The molecule has 1 aliphatic heterocycles. The fourth-order valence-electron chi connectivity index (χ4n) is 1.34. The van der Waals surface area contributed by atoms with Crippen LogP contribution in [0.1, 0.15) is 11.9 Å². The second-order valence-corrected chi connectivity index (χ2v) is 3.89. The van der Waals surface area contributed by atoms with Crippen molar-refractivity contribution in [2.75, 3.05) is 19.6 Å². The first-order valence-corrected chi connectivity index (χ1v) is 5.07. The van der Waals surface area contributed by atoms with Crippen LogP contribution in [0.3, 0.4) is 0 Å². The standard InChI is InChI=1S/C8H11BrN4/c9-6-3-12-8(13-4-6)7-5-10-1-2-11-7/h3-4,7,10-11H,1-2,5H2. The molecule has 2 rings (SSSR count). The van der Waals surface area contributed by atoms with E-state index < -0.39 is 0 Å². The Bertz CT molecular complexity index is 268. The lowest BCUT2D eigenvalue weighted by Gasteiger charge is -2.22. The van der Waals surface area contributed by atoms with Gasteiger partial charge in [0.05, 0.1) is 10.5 Å². The summed E-state index contributed by atoms with van der Waals surface area (Å²) in [4.78, 5) is 8.48. The quantitative estimate of drug-likeness (QED) is 0.753. The summed E-state index contributed by atoms with van der Waals surface area (Å²) in [5.41, 5.74) is 0. The van der Waals surface area contributed by atoms with Crippen LogP contribution in [-0.2, 0) is 0 Å². The maximum atomic E-state index is 4.24. The number of hydrogen-bond donors (Lipinski definition) is 2. The molecule has 1 aromatic rings. The molecule has 1 aromatic heterocycles. The van der Waals surface area contributed by atoms with Crippen molar-refractivity contribution in [3.05, 3.63) is 22.7 Å². The average molecular weight is 243 g/mol. The highest BCUT2D eigenvalue weighted by Crippen LogP contribution is 2.10. The zero-order valence-corrected chi connectivity index (χ0v) is 8.71. The third-order valence-corrected chi connectivity index (χ3v) is 2.40. The lowest BCUT2D eigenvalue weighted by atomic mass is 10.2. The summed E-state index contributed by atoms with van der Waals surface area (Å²) in [6.07, 6.45) is 3.55. The van der Waals surface area contributed by atoms with Crippen LogP contribution in [-0.4, -0.2) is 29.6 Å². The first-order valence-electron chi connectivity index (χ1n) is 4.28. The molecule has 0 aliphatic carbocycles. The molecule has 70 valence electrons. The minimum Gasteiger partial charge on any atom is -0.313 e. The molecule has 2 heterocycles. The largest absolute Gasteiger partial charge is 0.313 e. The van der Waals surface area contributed by atoms with Crippen LogP contribution in [0.4, 0.5) is 0 Å². The average Bonchev–Trinajstić information content (AvgIpc) is 2.20. The number of aromatic nitrogens is 2. The van der Waals surface area contributed by atoms with E-state index in [2.05, 4.69) is 36.5 Å². The van der Waals surface area contributed by atoms with Crippen molar-refractivity contribution in [3.63, 3.8) is 0 Å². The SMILES string of the molecule is Brc1cnc(C2CNCCN2)nc1. The van der Waals surface area contributed by atoms with Crippen molar-refractivity contribution in [3.8, 4) is 0 Å². The molecule has 0 aromatic carbocycles. The summed E-state index contributed by atoms with van der Waals surface area (Å²) in [5.74, 6) is 0.857. The van der Waals surface area contributed by atoms with Gasteiger partial charge in [-0.2, -0.15) is 0 Å². The molecular formula is C8H11BrN4. The Hall–Kier alpha value is -0.520. The normalized spacial score (nSPS) is 23.0. The van der Waals surface area contributed by atoms with E-state index in [0.29, 0.717) is 0 Å². The van der Waals surface area contributed by atoms with Crippen LogP contribution in [0.5, 0.6) is 0 Å². The number of nitrogens with zero attached hydrogens (tertiary/aromatic N) is 2. The topological polar surface area (TPSA) is 49.8 Å². The monoisotopic (exact) mass is 242 g/mol. The van der Waals surface area contributed by atoms with E-state index in [1.54, 1.807) is 12.4 Å². The molecule has 1 unspecified atom stereocenters. The highest BCUT2D eigenvalue weighted by molar-refractivity contribution is 9.10. The van der Waals surface area contributed by atoms with Gasteiger partial charge in [-0.25, -0.2) is 9.97 Å². The minimum atomic E-state index is 0.252. The summed E-state index contributed by atoms with van der Waals surface area (Å²) < 4.78 is 0.917. The Morgan fingerprint density at radius 2 is 2.08 bits per heavy atom. The molecule has 5 heteroatoms. The van der Waals surface area contributed by atoms with E-state index in [1.165, 1.54) is 0 Å². The third-order valence-electron chi connectivity index (χ3n) is 1.99. The molecule has 2 N–H and O–H groups in total. The molecule has 0 bridgehead atoms. The van der Waals surface area contributed by atoms with Crippen LogP contribution in [0.25, 0.3) is 0 Å². The van der Waals surface area contributed by atoms with Crippen molar-refractivity contribution in [1.82, 2.24) is 20.6 Å². The molecule has 1 aliphatic rings. The Balaban J connectivity index is 2.10. The molecule has 1 saturated heterocycles. The van der Waals surface area contributed by atoms with Gasteiger partial charge in [-0.05, 0) is 15.9 Å². The van der Waals surface area contributed by atoms with Crippen molar-refractivity contribution in [2.24, 2.45) is 0 Å². The summed E-state index contributed by atoms with van der Waals surface area (Å²) in [6.45, 7) is 2.90. The number of rotatable bonds is 1. The first-order chi connectivity index (χ1) is 6.36. The van der Waals surface area contributed by atoms with Crippen molar-refractivity contribution >= 4 is 15.9 Å². The van der Waals surface area contributed by atoms with Crippen LogP contribution in [0.15, 0.2) is 16.9 Å². The highest BCUT2D eigenvalue weighted by atomic mass is 79.9. The van der Waals surface area contributed by atoms with Gasteiger partial charge in [0.25, 0.3) is 0 Å². The Morgan fingerprint density at radius 1 is 1.31 bits per heavy atom. The predicted octanol–water partition coefficient (Wildman–Crippen LogP) is 0.473. The molecular weight excluding hydrogens is 232 g/mol. The lowest BCUT2D eigenvalue weighted by Crippen LogP contribution is -2.43. The second kappa shape index (κ2) is 4.13. The minimum absolute atomic E-state index is 0.252. The summed E-state index contributed by atoms with van der Waals surface area (Å²) in [7, 11) is 0. The van der Waals surface area contributed by atoms with Gasteiger partial charge in [0.2, 0.25) is 0 Å². The van der Waals surface area contributed by atoms with Gasteiger partial charge in [0.1, 0.15) is 5.82 Å². The molecule has 1 atom stereocenters. The van der Waals surface area contributed by atoms with Crippen LogP contribution in [0.2, 0.25) is 0 Å². The predicted molar refractivity (Wildman–Crippen MR) is 53.3 cm³/mol. The fourth-order valence-corrected chi connectivity index (χ4v) is 1.54. The summed E-state index contributed by atoms with van der Waals surface area (Å²) in [5, 5.41) is 6.65. The first kappa shape index (κ1) is 9.05. The lowest BCUT2D eigenvalue weighted by molar-refractivity contribution is 0.415. The van der Waals surface area contributed by atoms with Crippen LogP contribution in [0, 0.1) is 0 Å². The van der Waals surface area contributed by atoms with Crippen LogP contribution >= 0.6 is 15.9 Å². The maximum Gasteiger partial charge on any atom is 0.146 e. The second-order valence-electron chi connectivity index (χ2n) is 2.97. The Morgan fingerprint density at radius 3 is 2.69 bits per heavy atom. The number of halogens is 1. The van der Waals surface area contributed by atoms with E-state index in [4.69, 9.17) is 0 Å². The van der Waals surface area contributed by atoms with Gasteiger partial charge >= 0.3 is 0 Å². The number of hydrogen-bond acceptors (Lipinski definition) is 4. The summed E-state index contributed by atoms with van der Waals surface area (Å²) >= 11 is 3.31. The van der Waals surface area contributed by atoms with Gasteiger partial charge in [0, 0.05) is 32.0 Å². The molecule has 1 fully saturated rings. The van der Waals surface area contributed by atoms with Gasteiger partial charge in [0.15, 0.2) is 0 Å². The molecule has 0 saturated carbocycles. The van der Waals surface area contributed by atoms with Crippen LogP contribution < -0.4 is 10.6 Å². The van der Waals surface area contributed by atoms with E-state index in [-0.39, 0.29) is 6.04 Å². The molecule has 0 radical (unpaired) electrons. The Kier molecular flexibility index (Phi) is 2.87. The van der Waals surface area contributed by atoms with Crippen molar-refractivity contribution in [1.29, 1.82) is 0 Å². The number of nitrogens with one attached hydrogen (secondary N) is 2. The zero-order valence-electron chi connectivity index (χ0n) is 7.13. The fraction of sp³-hybridized carbons (Fsp3) is 0.500. The van der Waals surface area contributed by atoms with Crippen molar-refractivity contribution < 1.29 is 0 Å². The van der Waals surface area contributed by atoms with Gasteiger partial charge in [-0.15, -0.1) is 0 Å². The maximum absolute atomic E-state index is 4.24. The van der Waals surface area contributed by atoms with Gasteiger partial charge in [-0.3, -0.25) is 0 Å². The number of piperazine rings is 1. The zero-order chi connectivity index (χ0) is 9.10. The van der Waals surface area contributed by atoms with E-state index >= 15 is 0 Å². The van der Waals surface area contributed by atoms with Crippen molar-refractivity contribution in [2.45, 2.75) is 6.04 Å². The smallest absolute Gasteiger partial charge is 0.146 e. The highest BCUT2D eigenvalue weighted by Gasteiger charge is 2.16. The molecule has 0 amide bonds. The van der Waals surface area contributed by atoms with Gasteiger partial charge < -0.3 is 10.6 Å². The molecule has 0 spiro atoms. The summed E-state index contributed by atoms with van der Waals surface area (Å²) in [6, 6.07) is 0.252. The molecule has 13 heavy (non-hydrogen) atoms. The van der Waals surface area contributed by atoms with Gasteiger partial charge in [-0.1, -0.05) is 0 Å². The van der Waals surface area contributed by atoms with E-state index in [9.17, 15) is 0 Å². The van der Waals surface area contributed by atoms with E-state index in [1.807, 2.05) is 0 Å². The third kappa shape index (κ3) is 2.24. The molecule has 4 nitrogen and oxygen atoms in total.